The fourth-order valence-corrected chi connectivity index (χ4v) is 5.30. The van der Waals surface area contributed by atoms with Gasteiger partial charge in [0.15, 0.2) is 0 Å². The number of fused-ring (bicyclic) bond motifs is 3. The standard InChI is InChI=1S/C21H25.C13H19.C6H9.C5H5.Hf/c1-20(2,3)16-7-9-18-14(12-16)11-15-13-17(21(4,5)6)8-10-19(15)18;1-9(2)12-6-11(5)7-13(8-12)10(3)4;1-2-6-4-3-5-6;1-2-4-5-3-1;/h7-13H,1-6H3;6-10H,5H2,1-4H3;6H,1,3-5H2;1-5H;/q4*-1;+4. The molecular formula is C45H58Hf. The zero-order valence-corrected chi connectivity index (χ0v) is 34.0. The largest absolute Gasteiger partial charge is 4.00 e. The molecule has 0 aliphatic heterocycles. The topological polar surface area (TPSA) is 0 Å². The predicted molar refractivity (Wildman–Crippen MR) is 202 cm³/mol. The van der Waals surface area contributed by atoms with Crippen molar-refractivity contribution in [3.63, 3.8) is 0 Å². The van der Waals surface area contributed by atoms with Gasteiger partial charge >= 0.3 is 25.8 Å². The van der Waals surface area contributed by atoms with Gasteiger partial charge < -0.3 is 6.08 Å². The second kappa shape index (κ2) is 17.5. The second-order valence-electron chi connectivity index (χ2n) is 15.4. The van der Waals surface area contributed by atoms with Crippen LogP contribution >= 0.6 is 0 Å². The monoisotopic (exact) mass is 778 g/mol. The molecule has 0 unspecified atom stereocenters. The van der Waals surface area contributed by atoms with Crippen molar-refractivity contribution in [2.24, 2.45) is 5.92 Å². The zero-order valence-electron chi connectivity index (χ0n) is 30.4. The Morgan fingerprint density at radius 1 is 0.717 bits per heavy atom. The molecule has 0 amide bonds. The summed E-state index contributed by atoms with van der Waals surface area (Å²) in [5.74, 6) is 1.95. The van der Waals surface area contributed by atoms with Crippen molar-refractivity contribution in [1.29, 1.82) is 0 Å². The molecule has 0 bridgehead atoms. The first-order valence-corrected chi connectivity index (χ1v) is 16.9. The van der Waals surface area contributed by atoms with Crippen molar-refractivity contribution in [2.45, 2.75) is 111 Å². The van der Waals surface area contributed by atoms with Gasteiger partial charge in [-0.3, -0.25) is 6.58 Å². The van der Waals surface area contributed by atoms with Gasteiger partial charge in [-0.25, -0.2) is 12.1 Å². The molecular weight excluding hydrogens is 719 g/mol. The van der Waals surface area contributed by atoms with E-state index >= 15 is 0 Å². The van der Waals surface area contributed by atoms with Gasteiger partial charge in [0.2, 0.25) is 0 Å². The molecule has 0 saturated heterocycles. The molecule has 1 heteroatoms. The molecule has 6 rings (SSSR count). The molecule has 1 fully saturated rings. The molecule has 0 heterocycles. The fraction of sp³-hybridized carbons (Fsp3) is 0.400. The first kappa shape index (κ1) is 39.5. The van der Waals surface area contributed by atoms with E-state index in [2.05, 4.69) is 149 Å². The van der Waals surface area contributed by atoms with Crippen LogP contribution in [0.5, 0.6) is 0 Å². The van der Waals surface area contributed by atoms with E-state index in [-0.39, 0.29) is 36.7 Å². The fourth-order valence-electron chi connectivity index (χ4n) is 5.30. The number of benzene rings is 3. The van der Waals surface area contributed by atoms with Crippen LogP contribution in [0.15, 0.2) is 97.6 Å². The Morgan fingerprint density at radius 2 is 1.15 bits per heavy atom. The average molecular weight is 777 g/mol. The minimum atomic E-state index is 0. The van der Waals surface area contributed by atoms with Crippen molar-refractivity contribution in [1.82, 2.24) is 0 Å². The van der Waals surface area contributed by atoms with E-state index in [0.29, 0.717) is 11.8 Å². The second-order valence-corrected chi connectivity index (χ2v) is 15.4. The van der Waals surface area contributed by atoms with Crippen LogP contribution < -0.4 is 0 Å². The molecule has 46 heavy (non-hydrogen) atoms. The third kappa shape index (κ3) is 11.6. The molecule has 0 radical (unpaired) electrons. The number of rotatable bonds is 3. The summed E-state index contributed by atoms with van der Waals surface area (Å²) in [6.07, 6.45) is 7.02. The van der Waals surface area contributed by atoms with E-state index < -0.39 is 0 Å². The quantitative estimate of drug-likeness (QED) is 0.126. The summed E-state index contributed by atoms with van der Waals surface area (Å²) >= 11 is 0. The third-order valence-corrected chi connectivity index (χ3v) is 8.76. The summed E-state index contributed by atoms with van der Waals surface area (Å²) in [5.41, 5.74) is 7.15. The Balaban J connectivity index is 0.000000248. The van der Waals surface area contributed by atoms with Crippen LogP contribution in [0.1, 0.15) is 128 Å². The Hall–Kier alpha value is -2.64. The van der Waals surface area contributed by atoms with E-state index in [1.807, 2.05) is 30.3 Å². The van der Waals surface area contributed by atoms with E-state index in [0.717, 1.165) is 11.5 Å². The number of hydrogen-bond acceptors (Lipinski definition) is 0. The summed E-state index contributed by atoms with van der Waals surface area (Å²) in [4.78, 5) is 0. The maximum atomic E-state index is 4.01. The first-order chi connectivity index (χ1) is 21.1. The van der Waals surface area contributed by atoms with Crippen LogP contribution in [0.2, 0.25) is 0 Å². The van der Waals surface area contributed by atoms with Gasteiger partial charge in [-0.2, -0.15) is 48.7 Å². The smallest absolute Gasteiger partial charge is 0.501 e. The SMILES string of the molecule is C=[C-]C1CCC1.CC(C)(C)c1ccc2c(c1)[cH-]c1cc(C(C)(C)C)ccc12.[CH2-]c1cc(C(C)C)cc(C(C)C)c1.[Hf+4].c1cc[cH-]c1. The molecule has 0 N–H and O–H groups in total. The minimum Gasteiger partial charge on any atom is -0.501 e. The molecule has 1 aliphatic rings. The Labute approximate surface area is 301 Å². The third-order valence-electron chi connectivity index (χ3n) is 8.76. The molecule has 0 nitrogen and oxygen atoms in total. The van der Waals surface area contributed by atoms with Crippen molar-refractivity contribution in [3.05, 3.63) is 138 Å². The molecule has 242 valence electrons. The summed E-state index contributed by atoms with van der Waals surface area (Å²) in [7, 11) is 0. The van der Waals surface area contributed by atoms with Crippen molar-refractivity contribution in [2.75, 3.05) is 0 Å². The van der Waals surface area contributed by atoms with Gasteiger partial charge in [0.25, 0.3) is 0 Å². The Bertz CT molecular complexity index is 1490. The molecule has 5 aromatic carbocycles. The molecule has 5 aromatic rings. The van der Waals surface area contributed by atoms with Crippen molar-refractivity contribution in [3.8, 4) is 0 Å². The van der Waals surface area contributed by atoms with Crippen LogP contribution in [-0.4, -0.2) is 0 Å². The molecule has 0 spiro atoms. The van der Waals surface area contributed by atoms with Gasteiger partial charge in [0.05, 0.1) is 0 Å². The first-order valence-electron chi connectivity index (χ1n) is 16.9. The van der Waals surface area contributed by atoms with E-state index in [9.17, 15) is 0 Å². The van der Waals surface area contributed by atoms with Crippen LogP contribution in [0, 0.1) is 18.9 Å². The van der Waals surface area contributed by atoms with Crippen LogP contribution in [0.3, 0.4) is 0 Å². The summed E-state index contributed by atoms with van der Waals surface area (Å²) in [6, 6.07) is 32.8. The van der Waals surface area contributed by atoms with E-state index in [4.69, 9.17) is 0 Å². The molecule has 1 aliphatic carbocycles. The minimum absolute atomic E-state index is 0. The normalized spacial score (nSPS) is 13.0. The summed E-state index contributed by atoms with van der Waals surface area (Å²) in [5, 5.41) is 5.48. The summed E-state index contributed by atoms with van der Waals surface area (Å²) < 4.78 is 0. The molecule has 0 atom stereocenters. The van der Waals surface area contributed by atoms with E-state index in [1.54, 1.807) is 0 Å². The van der Waals surface area contributed by atoms with Gasteiger partial charge in [0.1, 0.15) is 0 Å². The van der Waals surface area contributed by atoms with Gasteiger partial charge in [-0.15, -0.1) is 50.9 Å². The Morgan fingerprint density at radius 3 is 1.41 bits per heavy atom. The van der Waals surface area contributed by atoms with Crippen LogP contribution in [0.4, 0.5) is 0 Å². The zero-order chi connectivity index (χ0) is 33.4. The van der Waals surface area contributed by atoms with Crippen molar-refractivity contribution < 1.29 is 25.8 Å². The molecule has 1 saturated carbocycles. The predicted octanol–water partition coefficient (Wildman–Crippen LogP) is 13.6. The van der Waals surface area contributed by atoms with E-state index in [1.165, 1.54) is 63.1 Å². The van der Waals surface area contributed by atoms with Crippen LogP contribution in [-0.2, 0) is 36.7 Å². The average Bonchev–Trinajstić information content (AvgIpc) is 3.63. The van der Waals surface area contributed by atoms with Gasteiger partial charge in [-0.05, 0) is 22.7 Å². The van der Waals surface area contributed by atoms with Gasteiger partial charge in [0, 0.05) is 0 Å². The maximum Gasteiger partial charge on any atom is 4.00 e. The number of hydrogen-bond donors (Lipinski definition) is 0. The molecule has 0 aromatic heterocycles. The Kier molecular flexibility index (Phi) is 15.0. The van der Waals surface area contributed by atoms with Crippen molar-refractivity contribution >= 4 is 21.5 Å². The number of allylic oxidation sites excluding steroid dienone is 1. The maximum absolute atomic E-state index is 4.01. The van der Waals surface area contributed by atoms with Gasteiger partial charge in [-0.1, -0.05) is 130 Å². The van der Waals surface area contributed by atoms with Crippen LogP contribution in [0.25, 0.3) is 21.5 Å². The summed E-state index contributed by atoms with van der Waals surface area (Å²) in [6.45, 7) is 30.1.